The van der Waals surface area contributed by atoms with E-state index in [1.54, 1.807) is 30.3 Å². The maximum atomic E-state index is 10.2. The lowest BCUT2D eigenvalue weighted by molar-refractivity contribution is 0.0697. The molecule has 0 heterocycles. The predicted molar refractivity (Wildman–Crippen MR) is 149 cm³/mol. The minimum atomic E-state index is -1.92. The summed E-state index contributed by atoms with van der Waals surface area (Å²) in [5, 5.41) is 20.2. The highest BCUT2D eigenvalue weighted by Gasteiger charge is 2.38. The Hall–Kier alpha value is -2.26. The van der Waals surface area contributed by atoms with Gasteiger partial charge in [0.15, 0.2) is 0 Å². The molecule has 0 aliphatic heterocycles. The highest BCUT2D eigenvalue weighted by molar-refractivity contribution is 8.22. The Bertz CT molecular complexity index is 993. The van der Waals surface area contributed by atoms with E-state index in [0.29, 0.717) is 11.5 Å². The molecule has 0 amide bonds. The van der Waals surface area contributed by atoms with Crippen molar-refractivity contribution in [3.63, 3.8) is 0 Å². The summed E-state index contributed by atoms with van der Waals surface area (Å²) in [6.07, 6.45) is 4.32. The van der Waals surface area contributed by atoms with Crippen LogP contribution in [0.3, 0.4) is 0 Å². The molecular weight excluding hydrogens is 459 g/mol. The molecule has 2 N–H and O–H groups in total. The van der Waals surface area contributed by atoms with Gasteiger partial charge in [-0.3, -0.25) is 0 Å². The zero-order valence-electron chi connectivity index (χ0n) is 20.4. The smallest absolute Gasteiger partial charge is 0.335 e. The van der Waals surface area contributed by atoms with Crippen LogP contribution in [-0.4, -0.2) is 27.9 Å². The van der Waals surface area contributed by atoms with Crippen LogP contribution in [-0.2, 0) is 11.8 Å². The standard InChI is InChI=1S/C22H31OPS.C7H6O2/c1-19(16-18-23)11-10-17-22(2,3)24(25,20-12-6-4-7-13-20)21-14-8-5-9-15-21;8-7(9)6-4-2-1-3-5-6/h4-9,12-15,19,23H,10-11,16-18H2,1-3H3;1-5H,(H,8,9). The van der Waals surface area contributed by atoms with Gasteiger partial charge in [0.05, 0.1) is 5.56 Å². The number of hydrogen-bond donors (Lipinski definition) is 2. The molecule has 0 bridgehead atoms. The lowest BCUT2D eigenvalue weighted by atomic mass is 9.97. The van der Waals surface area contributed by atoms with E-state index in [9.17, 15) is 4.79 Å². The first-order chi connectivity index (χ1) is 16.2. The van der Waals surface area contributed by atoms with Crippen LogP contribution in [0.25, 0.3) is 0 Å². The third kappa shape index (κ3) is 7.63. The summed E-state index contributed by atoms with van der Waals surface area (Å²) in [5.41, 5.74) is 0.331. The molecule has 0 spiro atoms. The summed E-state index contributed by atoms with van der Waals surface area (Å²) in [5.74, 6) is -0.303. The van der Waals surface area contributed by atoms with Crippen molar-refractivity contribution in [3.8, 4) is 0 Å². The van der Waals surface area contributed by atoms with Crippen molar-refractivity contribution in [1.29, 1.82) is 0 Å². The molecule has 3 nitrogen and oxygen atoms in total. The number of benzene rings is 3. The Labute approximate surface area is 209 Å². The second-order valence-electron chi connectivity index (χ2n) is 9.27. The molecular formula is C29H37O3PS. The first-order valence-electron chi connectivity index (χ1n) is 11.8. The molecule has 182 valence electrons. The van der Waals surface area contributed by atoms with E-state index >= 15 is 0 Å². The second-order valence-corrected chi connectivity index (χ2v) is 14.4. The van der Waals surface area contributed by atoms with Gasteiger partial charge in [-0.1, -0.05) is 124 Å². The summed E-state index contributed by atoms with van der Waals surface area (Å²) in [6, 6.07) is 27.8. The van der Waals surface area contributed by atoms with Gasteiger partial charge in [-0.15, -0.1) is 0 Å². The quantitative estimate of drug-likeness (QED) is 0.316. The van der Waals surface area contributed by atoms with Gasteiger partial charge >= 0.3 is 5.97 Å². The predicted octanol–water partition coefficient (Wildman–Crippen LogP) is 6.47. The Balaban J connectivity index is 0.000000379. The monoisotopic (exact) mass is 496 g/mol. The molecule has 0 aliphatic carbocycles. The van der Waals surface area contributed by atoms with Crippen LogP contribution in [0.2, 0.25) is 0 Å². The molecule has 0 aromatic heterocycles. The van der Waals surface area contributed by atoms with Gasteiger partial charge in [-0.2, -0.15) is 0 Å². The van der Waals surface area contributed by atoms with Gasteiger partial charge in [0.1, 0.15) is 0 Å². The van der Waals surface area contributed by atoms with Crippen molar-refractivity contribution in [2.75, 3.05) is 6.61 Å². The molecule has 34 heavy (non-hydrogen) atoms. The summed E-state index contributed by atoms with van der Waals surface area (Å²) in [4.78, 5) is 10.2. The molecule has 5 heteroatoms. The Morgan fingerprint density at radius 2 is 1.29 bits per heavy atom. The number of carboxylic acid groups (broad SMARTS) is 1. The maximum absolute atomic E-state index is 10.2. The van der Waals surface area contributed by atoms with Crippen molar-refractivity contribution < 1.29 is 15.0 Å². The summed E-state index contributed by atoms with van der Waals surface area (Å²) in [7, 11) is 0. The highest BCUT2D eigenvalue weighted by Crippen LogP contribution is 2.58. The normalized spacial score (nSPS) is 12.4. The molecule has 1 unspecified atom stereocenters. The number of aromatic carboxylic acids is 1. The van der Waals surface area contributed by atoms with Crippen molar-refractivity contribution in [3.05, 3.63) is 96.6 Å². The van der Waals surface area contributed by atoms with Crippen LogP contribution in [0, 0.1) is 5.92 Å². The lowest BCUT2D eigenvalue weighted by Gasteiger charge is -2.39. The topological polar surface area (TPSA) is 57.5 Å². The number of carbonyl (C=O) groups is 1. The van der Waals surface area contributed by atoms with Gasteiger partial charge in [-0.25, -0.2) is 4.79 Å². The summed E-state index contributed by atoms with van der Waals surface area (Å²) >= 11 is 6.47. The van der Waals surface area contributed by atoms with Crippen LogP contribution in [0.15, 0.2) is 91.0 Å². The third-order valence-corrected chi connectivity index (χ3v) is 12.9. The fourth-order valence-electron chi connectivity index (χ4n) is 4.11. The van der Waals surface area contributed by atoms with Gasteiger partial charge in [0.25, 0.3) is 0 Å². The molecule has 3 aromatic carbocycles. The third-order valence-electron chi connectivity index (χ3n) is 6.22. The molecule has 0 saturated heterocycles. The van der Waals surface area contributed by atoms with Crippen LogP contribution in [0.5, 0.6) is 0 Å². The molecule has 0 saturated carbocycles. The maximum Gasteiger partial charge on any atom is 0.335 e. The fraction of sp³-hybridized carbons (Fsp3) is 0.345. The Kier molecular flexibility index (Phi) is 11.2. The zero-order valence-corrected chi connectivity index (χ0v) is 22.1. The SMILES string of the molecule is CC(CCO)CCCC(C)(C)P(=S)(c1ccccc1)c1ccccc1.O=C(O)c1ccccc1. The number of rotatable bonds is 10. The van der Waals surface area contributed by atoms with E-state index in [1.165, 1.54) is 10.6 Å². The first-order valence-corrected chi connectivity index (χ1v) is 14.6. The Morgan fingerprint density at radius 1 is 0.853 bits per heavy atom. The number of aliphatic hydroxyl groups excluding tert-OH is 1. The molecule has 0 aliphatic rings. The molecule has 0 radical (unpaired) electrons. The first kappa shape index (κ1) is 28.0. The van der Waals surface area contributed by atoms with Crippen LogP contribution >= 0.6 is 6.04 Å². The largest absolute Gasteiger partial charge is 0.478 e. The lowest BCUT2D eigenvalue weighted by Crippen LogP contribution is -2.33. The van der Waals surface area contributed by atoms with Gasteiger partial charge < -0.3 is 10.2 Å². The van der Waals surface area contributed by atoms with Gasteiger partial charge in [0, 0.05) is 17.8 Å². The van der Waals surface area contributed by atoms with E-state index in [2.05, 4.69) is 81.4 Å². The van der Waals surface area contributed by atoms with Crippen molar-refractivity contribution in [2.45, 2.75) is 51.6 Å². The fourth-order valence-corrected chi connectivity index (χ4v) is 8.47. The number of hydrogen-bond acceptors (Lipinski definition) is 3. The second kappa shape index (κ2) is 13.6. The molecule has 1 atom stereocenters. The number of aliphatic hydroxyl groups is 1. The molecule has 0 fully saturated rings. The van der Waals surface area contributed by atoms with E-state index in [-0.39, 0.29) is 11.8 Å². The van der Waals surface area contributed by atoms with E-state index in [1.807, 2.05) is 0 Å². The summed E-state index contributed by atoms with van der Waals surface area (Å²) < 4.78 is 0. The van der Waals surface area contributed by atoms with Crippen LogP contribution in [0.1, 0.15) is 56.8 Å². The minimum Gasteiger partial charge on any atom is -0.478 e. The Morgan fingerprint density at radius 3 is 1.68 bits per heavy atom. The van der Waals surface area contributed by atoms with Crippen LogP contribution < -0.4 is 10.6 Å². The van der Waals surface area contributed by atoms with Crippen molar-refractivity contribution in [2.24, 2.45) is 5.92 Å². The average molecular weight is 497 g/mol. The minimum absolute atomic E-state index is 0.0595. The van der Waals surface area contributed by atoms with Gasteiger partial charge in [-0.05, 0) is 41.5 Å². The van der Waals surface area contributed by atoms with E-state index in [4.69, 9.17) is 22.0 Å². The molecule has 3 aromatic rings. The molecule has 3 rings (SSSR count). The van der Waals surface area contributed by atoms with Gasteiger partial charge in [0.2, 0.25) is 0 Å². The van der Waals surface area contributed by atoms with E-state index in [0.717, 1.165) is 25.7 Å². The van der Waals surface area contributed by atoms with Crippen molar-refractivity contribution in [1.82, 2.24) is 0 Å². The summed E-state index contributed by atoms with van der Waals surface area (Å²) in [6.45, 7) is 7.22. The van der Waals surface area contributed by atoms with Crippen LogP contribution in [0.4, 0.5) is 0 Å². The highest BCUT2D eigenvalue weighted by atomic mass is 32.4. The average Bonchev–Trinajstić information content (AvgIpc) is 2.85. The zero-order chi connectivity index (χ0) is 25.0. The van der Waals surface area contributed by atoms with Crippen molar-refractivity contribution >= 4 is 34.4 Å². The number of carboxylic acids is 1. The van der Waals surface area contributed by atoms with E-state index < -0.39 is 12.0 Å².